The maximum Gasteiger partial charge on any atom is 0.228 e. The van der Waals surface area contributed by atoms with Crippen molar-refractivity contribution in [2.24, 2.45) is 0 Å². The Hall–Kier alpha value is -3.60. The number of rotatable bonds is 6. The minimum atomic E-state index is -0.0693. The van der Waals surface area contributed by atoms with Crippen molar-refractivity contribution in [2.75, 3.05) is 11.9 Å². The van der Waals surface area contributed by atoms with Gasteiger partial charge in [-0.15, -0.1) is 0 Å². The van der Waals surface area contributed by atoms with Gasteiger partial charge in [-0.05, 0) is 36.8 Å². The molecule has 2 N–H and O–H groups in total. The van der Waals surface area contributed by atoms with Gasteiger partial charge in [-0.2, -0.15) is 0 Å². The summed E-state index contributed by atoms with van der Waals surface area (Å²) >= 11 is 0. The summed E-state index contributed by atoms with van der Waals surface area (Å²) in [6.45, 7) is 2.54. The molecule has 0 bridgehead atoms. The molecule has 0 fully saturated rings. The molecular formula is C23H21N3O2. The van der Waals surface area contributed by atoms with Gasteiger partial charge in [-0.1, -0.05) is 42.5 Å². The summed E-state index contributed by atoms with van der Waals surface area (Å²) in [5, 5.41) is 3.05. The lowest BCUT2D eigenvalue weighted by atomic mass is 10.0. The molecule has 1 aromatic heterocycles. The van der Waals surface area contributed by atoms with Crippen LogP contribution in [0.3, 0.4) is 0 Å². The molecule has 0 aliphatic rings. The quantitative estimate of drug-likeness (QED) is 0.511. The zero-order valence-corrected chi connectivity index (χ0v) is 15.6. The van der Waals surface area contributed by atoms with E-state index < -0.39 is 0 Å². The van der Waals surface area contributed by atoms with Gasteiger partial charge < -0.3 is 15.0 Å². The van der Waals surface area contributed by atoms with Crippen LogP contribution in [0.25, 0.3) is 22.2 Å². The first-order valence-electron chi connectivity index (χ1n) is 9.27. The van der Waals surface area contributed by atoms with Crippen LogP contribution in [0, 0.1) is 0 Å². The predicted octanol–water partition coefficient (Wildman–Crippen LogP) is 4.81. The monoisotopic (exact) mass is 371 g/mol. The van der Waals surface area contributed by atoms with E-state index in [9.17, 15) is 4.79 Å². The number of aromatic amines is 1. The third-order valence-corrected chi connectivity index (χ3v) is 4.53. The van der Waals surface area contributed by atoms with Crippen molar-refractivity contribution >= 4 is 22.6 Å². The van der Waals surface area contributed by atoms with Gasteiger partial charge in [0.1, 0.15) is 5.75 Å². The van der Waals surface area contributed by atoms with Gasteiger partial charge in [0.2, 0.25) is 5.91 Å². The number of anilines is 1. The van der Waals surface area contributed by atoms with Crippen molar-refractivity contribution in [3.05, 3.63) is 78.6 Å². The average molecular weight is 371 g/mol. The molecule has 0 spiro atoms. The topological polar surface area (TPSA) is 67.0 Å². The van der Waals surface area contributed by atoms with E-state index in [0.29, 0.717) is 6.61 Å². The van der Waals surface area contributed by atoms with E-state index in [1.165, 1.54) is 0 Å². The number of carbonyl (C=O) groups is 1. The van der Waals surface area contributed by atoms with Gasteiger partial charge in [-0.3, -0.25) is 4.79 Å². The molecule has 0 radical (unpaired) electrons. The standard InChI is InChI=1S/C23H21N3O2/c1-2-28-22-10-6-4-8-18(22)17-7-3-5-9-19(17)26-23(27)14-16-11-12-20-21(13-16)25-15-24-20/h3-13,15H,2,14H2,1H3,(H,24,25)(H,26,27). The maximum atomic E-state index is 12.7. The van der Waals surface area contributed by atoms with Crippen LogP contribution < -0.4 is 10.1 Å². The summed E-state index contributed by atoms with van der Waals surface area (Å²) < 4.78 is 5.76. The van der Waals surface area contributed by atoms with Gasteiger partial charge in [0, 0.05) is 16.8 Å². The molecule has 0 saturated heterocycles. The fourth-order valence-corrected chi connectivity index (χ4v) is 3.27. The van der Waals surface area contributed by atoms with E-state index in [2.05, 4.69) is 15.3 Å². The number of H-pyrrole nitrogens is 1. The Bertz CT molecular complexity index is 1120. The summed E-state index contributed by atoms with van der Waals surface area (Å²) in [7, 11) is 0. The first-order valence-corrected chi connectivity index (χ1v) is 9.27. The Balaban J connectivity index is 1.57. The minimum Gasteiger partial charge on any atom is -0.493 e. The van der Waals surface area contributed by atoms with Crippen LogP contribution in [0.15, 0.2) is 73.1 Å². The zero-order valence-electron chi connectivity index (χ0n) is 15.6. The first kappa shape index (κ1) is 17.8. The number of ether oxygens (including phenoxy) is 1. The van der Waals surface area contributed by atoms with Crippen molar-refractivity contribution in [1.29, 1.82) is 0 Å². The van der Waals surface area contributed by atoms with E-state index in [-0.39, 0.29) is 12.3 Å². The van der Waals surface area contributed by atoms with Crippen molar-refractivity contribution in [3.8, 4) is 16.9 Å². The molecule has 1 heterocycles. The Labute approximate surface area is 163 Å². The number of aromatic nitrogens is 2. The third-order valence-electron chi connectivity index (χ3n) is 4.53. The summed E-state index contributed by atoms with van der Waals surface area (Å²) in [6, 6.07) is 21.4. The number of hydrogen-bond acceptors (Lipinski definition) is 3. The Morgan fingerprint density at radius 2 is 1.82 bits per heavy atom. The largest absolute Gasteiger partial charge is 0.493 e. The Kier molecular flexibility index (Phi) is 5.06. The van der Waals surface area contributed by atoms with E-state index in [4.69, 9.17) is 4.74 Å². The molecule has 28 heavy (non-hydrogen) atoms. The number of imidazole rings is 1. The van der Waals surface area contributed by atoms with E-state index in [1.54, 1.807) is 6.33 Å². The second-order valence-electron chi connectivity index (χ2n) is 6.45. The van der Waals surface area contributed by atoms with Crippen molar-refractivity contribution < 1.29 is 9.53 Å². The molecule has 0 aliphatic heterocycles. The average Bonchev–Trinajstić information content (AvgIpc) is 3.17. The number of nitrogens with zero attached hydrogens (tertiary/aromatic N) is 1. The van der Waals surface area contributed by atoms with E-state index in [0.717, 1.165) is 39.2 Å². The number of nitrogens with one attached hydrogen (secondary N) is 2. The normalized spacial score (nSPS) is 10.8. The van der Waals surface area contributed by atoms with Crippen LogP contribution in [0.5, 0.6) is 5.75 Å². The van der Waals surface area contributed by atoms with Crippen LogP contribution >= 0.6 is 0 Å². The fraction of sp³-hybridized carbons (Fsp3) is 0.130. The highest BCUT2D eigenvalue weighted by Gasteiger charge is 2.12. The van der Waals surface area contributed by atoms with Crippen molar-refractivity contribution in [2.45, 2.75) is 13.3 Å². The predicted molar refractivity (Wildman–Crippen MR) is 111 cm³/mol. The second-order valence-corrected chi connectivity index (χ2v) is 6.45. The summed E-state index contributed by atoms with van der Waals surface area (Å²) in [4.78, 5) is 20.0. The van der Waals surface area contributed by atoms with Gasteiger partial charge >= 0.3 is 0 Å². The molecule has 1 amide bonds. The molecule has 5 nitrogen and oxygen atoms in total. The highest BCUT2D eigenvalue weighted by atomic mass is 16.5. The highest BCUT2D eigenvalue weighted by molar-refractivity contribution is 5.97. The number of benzene rings is 3. The Morgan fingerprint density at radius 3 is 2.68 bits per heavy atom. The molecule has 0 atom stereocenters. The molecule has 0 saturated carbocycles. The molecular weight excluding hydrogens is 350 g/mol. The summed E-state index contributed by atoms with van der Waals surface area (Å²) in [5.74, 6) is 0.733. The first-order chi connectivity index (χ1) is 13.7. The minimum absolute atomic E-state index is 0.0693. The van der Waals surface area contributed by atoms with Gasteiger partial charge in [0.15, 0.2) is 0 Å². The van der Waals surface area contributed by atoms with Gasteiger partial charge in [0.25, 0.3) is 0 Å². The van der Waals surface area contributed by atoms with E-state index in [1.807, 2.05) is 73.7 Å². The lowest BCUT2D eigenvalue weighted by Crippen LogP contribution is -2.15. The highest BCUT2D eigenvalue weighted by Crippen LogP contribution is 2.35. The van der Waals surface area contributed by atoms with Crippen molar-refractivity contribution in [3.63, 3.8) is 0 Å². The molecule has 0 unspecified atom stereocenters. The molecule has 0 aliphatic carbocycles. The third kappa shape index (κ3) is 3.74. The smallest absolute Gasteiger partial charge is 0.228 e. The molecule has 140 valence electrons. The number of fused-ring (bicyclic) bond motifs is 1. The molecule has 4 aromatic rings. The van der Waals surface area contributed by atoms with Gasteiger partial charge in [0.05, 0.1) is 30.4 Å². The lowest BCUT2D eigenvalue weighted by molar-refractivity contribution is -0.115. The lowest BCUT2D eigenvalue weighted by Gasteiger charge is -2.15. The van der Waals surface area contributed by atoms with Crippen LogP contribution in [0.1, 0.15) is 12.5 Å². The summed E-state index contributed by atoms with van der Waals surface area (Å²) in [6.07, 6.45) is 1.94. The number of hydrogen-bond donors (Lipinski definition) is 2. The summed E-state index contributed by atoms with van der Waals surface area (Å²) in [5.41, 5.74) is 5.41. The fourth-order valence-electron chi connectivity index (χ4n) is 3.27. The van der Waals surface area contributed by atoms with E-state index >= 15 is 0 Å². The van der Waals surface area contributed by atoms with Crippen LogP contribution in [0.2, 0.25) is 0 Å². The number of carbonyl (C=O) groups excluding carboxylic acids is 1. The van der Waals surface area contributed by atoms with Crippen molar-refractivity contribution in [1.82, 2.24) is 9.97 Å². The Morgan fingerprint density at radius 1 is 1.04 bits per heavy atom. The zero-order chi connectivity index (χ0) is 19.3. The molecule has 5 heteroatoms. The van der Waals surface area contributed by atoms with Crippen LogP contribution in [-0.4, -0.2) is 22.5 Å². The number of amides is 1. The van der Waals surface area contributed by atoms with Gasteiger partial charge in [-0.25, -0.2) is 4.98 Å². The molecule has 4 rings (SSSR count). The maximum absolute atomic E-state index is 12.7. The SMILES string of the molecule is CCOc1ccccc1-c1ccccc1NC(=O)Cc1ccc2nc[nH]c2c1. The number of para-hydroxylation sites is 2. The van der Waals surface area contributed by atoms with Crippen LogP contribution in [-0.2, 0) is 11.2 Å². The molecule has 3 aromatic carbocycles. The second kappa shape index (κ2) is 7.96. The van der Waals surface area contributed by atoms with Crippen LogP contribution in [0.4, 0.5) is 5.69 Å².